The molecule has 0 bridgehead atoms. The largest absolute Gasteiger partial charge is 0.480 e. The smallest absolute Gasteiger partial charge is 0.317 e. The van der Waals surface area contributed by atoms with Crippen LogP contribution in [0.5, 0.6) is 0 Å². The first-order valence-corrected chi connectivity index (χ1v) is 7.64. The van der Waals surface area contributed by atoms with Crippen molar-refractivity contribution in [3.63, 3.8) is 0 Å². The topological polar surface area (TPSA) is 43.8 Å². The molecule has 1 unspecified atom stereocenters. The monoisotopic (exact) mass is 274 g/mol. The number of nitrogens with zero attached hydrogens (tertiary/aromatic N) is 2. The molecule has 0 saturated carbocycles. The number of aliphatic carboxylic acids is 1. The molecule has 0 aromatic rings. The van der Waals surface area contributed by atoms with Gasteiger partial charge >= 0.3 is 5.97 Å². The molecule has 1 fully saturated rings. The molecule has 0 spiro atoms. The van der Waals surface area contributed by atoms with Crippen molar-refractivity contribution in [2.45, 2.75) is 26.3 Å². The molecule has 1 rings (SSSR count). The van der Waals surface area contributed by atoms with Gasteiger partial charge in [0.15, 0.2) is 0 Å². The molecule has 0 aromatic carbocycles. The van der Waals surface area contributed by atoms with E-state index in [9.17, 15) is 4.79 Å². The van der Waals surface area contributed by atoms with Gasteiger partial charge < -0.3 is 10.0 Å². The quantitative estimate of drug-likeness (QED) is 0.794. The molecular weight excluding hydrogens is 248 g/mol. The van der Waals surface area contributed by atoms with Crippen LogP contribution in [0.3, 0.4) is 0 Å². The predicted octanol–water partition coefficient (Wildman–Crippen LogP) is 1.47. The molecule has 1 saturated heterocycles. The number of likely N-dealkylation sites (N-methyl/N-ethyl adjacent to an activating group) is 1. The predicted molar refractivity (Wildman–Crippen MR) is 77.3 cm³/mol. The molecule has 0 aliphatic carbocycles. The van der Waals surface area contributed by atoms with Crippen LogP contribution in [0.2, 0.25) is 0 Å². The number of carboxylic acid groups (broad SMARTS) is 1. The third kappa shape index (κ3) is 5.59. The maximum absolute atomic E-state index is 11.0. The van der Waals surface area contributed by atoms with Crippen molar-refractivity contribution in [1.82, 2.24) is 9.80 Å². The summed E-state index contributed by atoms with van der Waals surface area (Å²) in [6.07, 6.45) is 1.10. The van der Waals surface area contributed by atoms with E-state index < -0.39 is 5.97 Å². The van der Waals surface area contributed by atoms with E-state index in [4.69, 9.17) is 5.11 Å². The zero-order chi connectivity index (χ0) is 13.8. The number of carbonyl (C=O) groups is 1. The van der Waals surface area contributed by atoms with E-state index in [1.54, 1.807) is 0 Å². The van der Waals surface area contributed by atoms with E-state index in [1.807, 2.05) is 25.9 Å². The van der Waals surface area contributed by atoms with Gasteiger partial charge in [-0.2, -0.15) is 11.8 Å². The summed E-state index contributed by atoms with van der Waals surface area (Å²) >= 11 is 1.95. The van der Waals surface area contributed by atoms with Crippen molar-refractivity contribution in [2.75, 3.05) is 45.2 Å². The molecule has 5 heteroatoms. The van der Waals surface area contributed by atoms with E-state index in [0.29, 0.717) is 11.5 Å². The Morgan fingerprint density at radius 2 is 2.06 bits per heavy atom. The molecule has 0 amide bonds. The lowest BCUT2D eigenvalue weighted by Gasteiger charge is -2.40. The summed E-state index contributed by atoms with van der Waals surface area (Å²) in [6.45, 7) is 6.46. The number of rotatable bonds is 6. The zero-order valence-electron chi connectivity index (χ0n) is 12.0. The minimum atomic E-state index is -0.720. The second kappa shape index (κ2) is 6.78. The summed E-state index contributed by atoms with van der Waals surface area (Å²) in [5.74, 6) is 1.52. The van der Waals surface area contributed by atoms with Crippen molar-refractivity contribution in [3.05, 3.63) is 0 Å². The van der Waals surface area contributed by atoms with Gasteiger partial charge in [-0.15, -0.1) is 0 Å². The van der Waals surface area contributed by atoms with Gasteiger partial charge in [0.2, 0.25) is 0 Å². The lowest BCUT2D eigenvalue weighted by Crippen LogP contribution is -2.48. The second-order valence-electron chi connectivity index (χ2n) is 6.20. The van der Waals surface area contributed by atoms with Crippen LogP contribution < -0.4 is 0 Å². The fourth-order valence-electron chi connectivity index (χ4n) is 2.35. The average Bonchev–Trinajstić information content (AvgIpc) is 2.22. The Kier molecular flexibility index (Phi) is 5.95. The van der Waals surface area contributed by atoms with Crippen LogP contribution in [0.4, 0.5) is 0 Å². The number of thioether (sulfide) groups is 1. The van der Waals surface area contributed by atoms with Crippen molar-refractivity contribution in [2.24, 2.45) is 5.41 Å². The van der Waals surface area contributed by atoms with Crippen LogP contribution in [-0.4, -0.2) is 72.2 Å². The minimum absolute atomic E-state index is 0.162. The minimum Gasteiger partial charge on any atom is -0.480 e. The molecular formula is C13H26N2O2S. The Bertz CT molecular complexity index is 282. The number of carboxylic acids is 1. The van der Waals surface area contributed by atoms with Crippen LogP contribution in [0.1, 0.15) is 20.3 Å². The summed E-state index contributed by atoms with van der Waals surface area (Å²) in [5, 5.41) is 9.05. The van der Waals surface area contributed by atoms with E-state index in [0.717, 1.165) is 25.3 Å². The molecule has 0 radical (unpaired) electrons. The van der Waals surface area contributed by atoms with Gasteiger partial charge in [-0.1, -0.05) is 13.8 Å². The maximum atomic E-state index is 11.0. The van der Waals surface area contributed by atoms with E-state index in [1.165, 1.54) is 5.75 Å². The zero-order valence-corrected chi connectivity index (χ0v) is 12.8. The molecule has 4 nitrogen and oxygen atoms in total. The third-order valence-electron chi connectivity index (χ3n) is 3.28. The van der Waals surface area contributed by atoms with Gasteiger partial charge in [-0.25, -0.2) is 0 Å². The van der Waals surface area contributed by atoms with Crippen LogP contribution in [0.15, 0.2) is 0 Å². The average molecular weight is 274 g/mol. The van der Waals surface area contributed by atoms with Gasteiger partial charge in [-0.05, 0) is 31.7 Å². The third-order valence-corrected chi connectivity index (χ3v) is 4.89. The Morgan fingerprint density at radius 1 is 1.39 bits per heavy atom. The van der Waals surface area contributed by atoms with Gasteiger partial charge in [-0.3, -0.25) is 9.69 Å². The standard InChI is InChI=1S/C13H26N2O2S/c1-13(2)7-11(9-18-10-13)15(8-12(16)17)6-5-14(3)4/h11H,5-10H2,1-4H3,(H,16,17). The first kappa shape index (κ1) is 15.8. The fraction of sp³-hybridized carbons (Fsp3) is 0.923. The molecule has 106 valence electrons. The Balaban J connectivity index is 2.60. The Hall–Kier alpha value is -0.260. The van der Waals surface area contributed by atoms with Crippen LogP contribution in [0, 0.1) is 5.41 Å². The van der Waals surface area contributed by atoms with Crippen molar-refractivity contribution < 1.29 is 9.90 Å². The molecule has 1 aliphatic rings. The molecule has 18 heavy (non-hydrogen) atoms. The van der Waals surface area contributed by atoms with Gasteiger partial charge in [0, 0.05) is 24.9 Å². The summed E-state index contributed by atoms with van der Waals surface area (Å²) in [7, 11) is 4.05. The Morgan fingerprint density at radius 3 is 2.56 bits per heavy atom. The highest BCUT2D eigenvalue weighted by molar-refractivity contribution is 7.99. The first-order valence-electron chi connectivity index (χ1n) is 6.48. The van der Waals surface area contributed by atoms with Gasteiger partial charge in [0.25, 0.3) is 0 Å². The molecule has 1 heterocycles. The highest BCUT2D eigenvalue weighted by atomic mass is 32.2. The van der Waals surface area contributed by atoms with E-state index >= 15 is 0 Å². The van der Waals surface area contributed by atoms with E-state index in [-0.39, 0.29) is 6.54 Å². The van der Waals surface area contributed by atoms with Crippen LogP contribution >= 0.6 is 11.8 Å². The number of hydrogen-bond donors (Lipinski definition) is 1. The SMILES string of the molecule is CN(C)CCN(CC(=O)O)C1CSCC(C)(C)C1. The summed E-state index contributed by atoms with van der Waals surface area (Å²) in [4.78, 5) is 15.2. The normalized spacial score (nSPS) is 23.6. The lowest BCUT2D eigenvalue weighted by molar-refractivity contribution is -0.139. The Labute approximate surface area is 115 Å². The summed E-state index contributed by atoms with van der Waals surface area (Å²) in [6, 6.07) is 0.398. The van der Waals surface area contributed by atoms with Crippen molar-refractivity contribution in [1.29, 1.82) is 0 Å². The van der Waals surface area contributed by atoms with Crippen molar-refractivity contribution in [3.8, 4) is 0 Å². The van der Waals surface area contributed by atoms with E-state index in [2.05, 4.69) is 23.6 Å². The molecule has 1 N–H and O–H groups in total. The summed E-state index contributed by atoms with van der Waals surface area (Å²) in [5.41, 5.74) is 0.322. The molecule has 0 aromatic heterocycles. The summed E-state index contributed by atoms with van der Waals surface area (Å²) < 4.78 is 0. The lowest BCUT2D eigenvalue weighted by atomic mass is 9.87. The fourth-order valence-corrected chi connectivity index (χ4v) is 3.74. The van der Waals surface area contributed by atoms with Crippen LogP contribution in [-0.2, 0) is 4.79 Å². The maximum Gasteiger partial charge on any atom is 0.317 e. The number of hydrogen-bond acceptors (Lipinski definition) is 4. The highest BCUT2D eigenvalue weighted by Crippen LogP contribution is 2.35. The van der Waals surface area contributed by atoms with Crippen molar-refractivity contribution >= 4 is 17.7 Å². The first-order chi connectivity index (χ1) is 8.30. The molecule has 1 aliphatic heterocycles. The van der Waals surface area contributed by atoms with Gasteiger partial charge in [0.05, 0.1) is 6.54 Å². The highest BCUT2D eigenvalue weighted by Gasteiger charge is 2.32. The second-order valence-corrected chi connectivity index (χ2v) is 7.24. The van der Waals surface area contributed by atoms with Crippen LogP contribution in [0.25, 0.3) is 0 Å². The van der Waals surface area contributed by atoms with Gasteiger partial charge in [0.1, 0.15) is 0 Å². The molecule has 1 atom stereocenters.